The van der Waals surface area contributed by atoms with E-state index in [4.69, 9.17) is 0 Å². The highest BCUT2D eigenvalue weighted by Gasteiger charge is 2.49. The largest absolute Gasteiger partial charge is 0.480 e. The molecule has 90 valence electrons. The average Bonchev–Trinajstić information content (AvgIpc) is 2.95. The maximum Gasteiger partial charge on any atom is 0.329 e. The second-order valence-electron chi connectivity index (χ2n) is 5.54. The standard InChI is InChI=1S/C12H19NO3/c1-7-5-8(6-7)10(14)13-12(2,11(15)16)9-3-4-9/h7-9H,3-6H2,1-2H3,(H,13,14)(H,15,16). The van der Waals surface area contributed by atoms with E-state index >= 15 is 0 Å². The van der Waals surface area contributed by atoms with Crippen LogP contribution in [0.2, 0.25) is 0 Å². The highest BCUT2D eigenvalue weighted by molar-refractivity contribution is 5.88. The first-order valence-corrected chi connectivity index (χ1v) is 5.99. The van der Waals surface area contributed by atoms with Crippen molar-refractivity contribution in [1.29, 1.82) is 0 Å². The lowest BCUT2D eigenvalue weighted by molar-refractivity contribution is -0.149. The van der Waals surface area contributed by atoms with Crippen molar-refractivity contribution in [3.63, 3.8) is 0 Å². The van der Waals surface area contributed by atoms with E-state index in [0.717, 1.165) is 25.7 Å². The first-order valence-electron chi connectivity index (χ1n) is 5.99. The summed E-state index contributed by atoms with van der Waals surface area (Å²) < 4.78 is 0. The summed E-state index contributed by atoms with van der Waals surface area (Å²) in [6.07, 6.45) is 3.60. The Bertz CT molecular complexity index is 318. The molecule has 1 atom stereocenters. The Morgan fingerprint density at radius 1 is 1.31 bits per heavy atom. The molecule has 1 amide bonds. The van der Waals surface area contributed by atoms with Gasteiger partial charge in [-0.1, -0.05) is 6.92 Å². The summed E-state index contributed by atoms with van der Waals surface area (Å²) in [4.78, 5) is 23.1. The van der Waals surface area contributed by atoms with Crippen LogP contribution in [0, 0.1) is 17.8 Å². The molecule has 0 spiro atoms. The molecule has 4 nitrogen and oxygen atoms in total. The molecule has 0 heterocycles. The molecule has 2 aliphatic rings. The minimum Gasteiger partial charge on any atom is -0.480 e. The topological polar surface area (TPSA) is 66.4 Å². The van der Waals surface area contributed by atoms with Crippen LogP contribution < -0.4 is 5.32 Å². The molecular formula is C12H19NO3. The van der Waals surface area contributed by atoms with Crippen LogP contribution in [0.15, 0.2) is 0 Å². The number of nitrogens with one attached hydrogen (secondary N) is 1. The second kappa shape index (κ2) is 3.75. The van der Waals surface area contributed by atoms with E-state index in [2.05, 4.69) is 12.2 Å². The monoisotopic (exact) mass is 225 g/mol. The van der Waals surface area contributed by atoms with Gasteiger partial charge in [0.05, 0.1) is 0 Å². The summed E-state index contributed by atoms with van der Waals surface area (Å²) in [5.74, 6) is -0.225. The van der Waals surface area contributed by atoms with Crippen LogP contribution in [0.25, 0.3) is 0 Å². The summed E-state index contributed by atoms with van der Waals surface area (Å²) in [6.45, 7) is 3.74. The predicted octanol–water partition coefficient (Wildman–Crippen LogP) is 1.40. The zero-order valence-electron chi connectivity index (χ0n) is 9.82. The Hall–Kier alpha value is -1.06. The van der Waals surface area contributed by atoms with Gasteiger partial charge in [-0.2, -0.15) is 0 Å². The lowest BCUT2D eigenvalue weighted by Crippen LogP contribution is -2.56. The van der Waals surface area contributed by atoms with E-state index < -0.39 is 11.5 Å². The van der Waals surface area contributed by atoms with Crippen molar-refractivity contribution in [3.05, 3.63) is 0 Å². The molecule has 0 radical (unpaired) electrons. The van der Waals surface area contributed by atoms with Crippen LogP contribution in [-0.4, -0.2) is 22.5 Å². The van der Waals surface area contributed by atoms with Gasteiger partial charge in [0, 0.05) is 5.92 Å². The Morgan fingerprint density at radius 2 is 1.88 bits per heavy atom. The number of carboxylic acid groups (broad SMARTS) is 1. The quantitative estimate of drug-likeness (QED) is 0.760. The maximum absolute atomic E-state index is 11.8. The van der Waals surface area contributed by atoms with E-state index in [9.17, 15) is 14.7 Å². The van der Waals surface area contributed by atoms with Crippen LogP contribution in [0.3, 0.4) is 0 Å². The number of amides is 1. The molecule has 2 fully saturated rings. The van der Waals surface area contributed by atoms with Crippen molar-refractivity contribution in [2.45, 2.75) is 45.1 Å². The van der Waals surface area contributed by atoms with Crippen molar-refractivity contribution in [3.8, 4) is 0 Å². The predicted molar refractivity (Wildman–Crippen MR) is 58.8 cm³/mol. The van der Waals surface area contributed by atoms with Gasteiger partial charge in [-0.3, -0.25) is 4.79 Å². The Kier molecular flexibility index (Phi) is 2.68. The maximum atomic E-state index is 11.8. The summed E-state index contributed by atoms with van der Waals surface area (Å²) >= 11 is 0. The van der Waals surface area contributed by atoms with Crippen LogP contribution >= 0.6 is 0 Å². The molecule has 2 saturated carbocycles. The van der Waals surface area contributed by atoms with Crippen molar-refractivity contribution < 1.29 is 14.7 Å². The normalized spacial score (nSPS) is 32.4. The Balaban J connectivity index is 1.95. The van der Waals surface area contributed by atoms with Gasteiger partial charge in [0.1, 0.15) is 5.54 Å². The molecule has 1 unspecified atom stereocenters. The fraction of sp³-hybridized carbons (Fsp3) is 0.833. The third-order valence-electron chi connectivity index (χ3n) is 3.97. The number of carboxylic acids is 1. The van der Waals surface area contributed by atoms with Crippen LogP contribution in [0.5, 0.6) is 0 Å². The Morgan fingerprint density at radius 3 is 2.25 bits per heavy atom. The lowest BCUT2D eigenvalue weighted by Gasteiger charge is -2.35. The smallest absolute Gasteiger partial charge is 0.329 e. The van der Waals surface area contributed by atoms with Crippen LogP contribution in [0.1, 0.15) is 39.5 Å². The van der Waals surface area contributed by atoms with Crippen LogP contribution in [0.4, 0.5) is 0 Å². The molecular weight excluding hydrogens is 206 g/mol. The Labute approximate surface area is 95.4 Å². The van der Waals surface area contributed by atoms with E-state index in [1.165, 1.54) is 0 Å². The first-order chi connectivity index (χ1) is 7.43. The molecule has 0 saturated heterocycles. The number of carbonyl (C=O) groups excluding carboxylic acids is 1. The zero-order chi connectivity index (χ0) is 11.9. The highest BCUT2D eigenvalue weighted by Crippen LogP contribution is 2.41. The number of carbonyl (C=O) groups is 2. The number of hydrogen-bond acceptors (Lipinski definition) is 2. The minimum absolute atomic E-state index is 0.0347. The molecule has 16 heavy (non-hydrogen) atoms. The second-order valence-corrected chi connectivity index (χ2v) is 5.54. The fourth-order valence-corrected chi connectivity index (χ4v) is 2.47. The molecule has 2 N–H and O–H groups in total. The van der Waals surface area contributed by atoms with Crippen molar-refractivity contribution in [1.82, 2.24) is 5.32 Å². The minimum atomic E-state index is -1.05. The van der Waals surface area contributed by atoms with Gasteiger partial charge in [0.15, 0.2) is 0 Å². The van der Waals surface area contributed by atoms with Crippen molar-refractivity contribution >= 4 is 11.9 Å². The summed E-state index contributed by atoms with van der Waals surface area (Å²) in [7, 11) is 0. The van der Waals surface area contributed by atoms with Gasteiger partial charge in [-0.15, -0.1) is 0 Å². The highest BCUT2D eigenvalue weighted by atomic mass is 16.4. The van der Waals surface area contributed by atoms with E-state index in [1.54, 1.807) is 6.92 Å². The molecule has 2 rings (SSSR count). The number of aliphatic carboxylic acids is 1. The summed E-state index contributed by atoms with van der Waals surface area (Å²) in [6, 6.07) is 0. The molecule has 2 aliphatic carbocycles. The van der Waals surface area contributed by atoms with E-state index in [1.807, 2.05) is 0 Å². The van der Waals surface area contributed by atoms with Gasteiger partial charge >= 0.3 is 5.97 Å². The first kappa shape index (κ1) is 11.4. The van der Waals surface area contributed by atoms with Crippen molar-refractivity contribution in [2.75, 3.05) is 0 Å². The summed E-state index contributed by atoms with van der Waals surface area (Å²) in [5.41, 5.74) is -1.05. The fourth-order valence-electron chi connectivity index (χ4n) is 2.47. The van der Waals surface area contributed by atoms with Gasteiger partial charge in [-0.25, -0.2) is 4.79 Å². The lowest BCUT2D eigenvalue weighted by atomic mass is 9.75. The molecule has 0 aliphatic heterocycles. The molecule has 0 aromatic rings. The van der Waals surface area contributed by atoms with E-state index in [0.29, 0.717) is 5.92 Å². The van der Waals surface area contributed by atoms with Gasteiger partial charge in [0.25, 0.3) is 0 Å². The molecule has 0 bridgehead atoms. The third kappa shape index (κ3) is 1.93. The molecule has 0 aromatic carbocycles. The average molecular weight is 225 g/mol. The summed E-state index contributed by atoms with van der Waals surface area (Å²) in [5, 5.41) is 11.9. The third-order valence-corrected chi connectivity index (χ3v) is 3.97. The molecule has 0 aromatic heterocycles. The van der Waals surface area contributed by atoms with Crippen LogP contribution in [-0.2, 0) is 9.59 Å². The zero-order valence-corrected chi connectivity index (χ0v) is 9.82. The number of hydrogen-bond donors (Lipinski definition) is 2. The van der Waals surface area contributed by atoms with E-state index in [-0.39, 0.29) is 17.7 Å². The number of rotatable bonds is 4. The van der Waals surface area contributed by atoms with Crippen molar-refractivity contribution in [2.24, 2.45) is 17.8 Å². The van der Waals surface area contributed by atoms with Gasteiger partial charge in [0.2, 0.25) is 5.91 Å². The van der Waals surface area contributed by atoms with Gasteiger partial charge in [-0.05, 0) is 44.4 Å². The molecule has 4 heteroatoms. The SMILES string of the molecule is CC1CC(C(=O)NC(C)(C(=O)O)C2CC2)C1. The van der Waals surface area contributed by atoms with Gasteiger partial charge < -0.3 is 10.4 Å².